The van der Waals surface area contributed by atoms with Crippen LogP contribution in [0.2, 0.25) is 0 Å². The maximum absolute atomic E-state index is 5.40. The second kappa shape index (κ2) is 10.5. The Labute approximate surface area is 261 Å². The zero-order valence-corrected chi connectivity index (χ0v) is 25.2. The summed E-state index contributed by atoms with van der Waals surface area (Å²) in [5, 5.41) is 11.8. The third kappa shape index (κ3) is 4.14. The fourth-order valence-electron chi connectivity index (χ4n) is 6.76. The molecule has 0 radical (unpaired) electrons. The van der Waals surface area contributed by atoms with Crippen molar-refractivity contribution >= 4 is 21.8 Å². The van der Waals surface area contributed by atoms with Gasteiger partial charge in [-0.25, -0.2) is 4.98 Å². The van der Waals surface area contributed by atoms with Gasteiger partial charge in [-0.3, -0.25) is 13.9 Å². The van der Waals surface area contributed by atoms with E-state index in [9.17, 15) is 0 Å². The van der Waals surface area contributed by atoms with Crippen LogP contribution in [0.1, 0.15) is 36.2 Å². The topological polar surface area (TPSA) is 53.5 Å². The lowest BCUT2D eigenvalue weighted by molar-refractivity contribution is 0.414. The van der Waals surface area contributed by atoms with Crippen LogP contribution in [0.4, 0.5) is 0 Å². The molecule has 4 heterocycles. The molecule has 0 saturated heterocycles. The molecule has 6 heteroatoms. The lowest BCUT2D eigenvalue weighted by Gasteiger charge is -2.32. The molecule has 0 aliphatic heterocycles. The molecule has 4 aromatic carbocycles. The Bertz CT molecular complexity index is 2230. The minimum atomic E-state index is -0.614. The first-order valence-electron chi connectivity index (χ1n) is 15.2. The molecule has 45 heavy (non-hydrogen) atoms. The van der Waals surface area contributed by atoms with Gasteiger partial charge in [-0.15, -0.1) is 0 Å². The number of para-hydroxylation sites is 1. The van der Waals surface area contributed by atoms with Crippen LogP contribution < -0.4 is 0 Å². The van der Waals surface area contributed by atoms with Gasteiger partial charge in [0.1, 0.15) is 16.9 Å². The molecule has 8 aromatic rings. The molecule has 0 N–H and O–H groups in total. The molecule has 0 aliphatic carbocycles. The lowest BCUT2D eigenvalue weighted by atomic mass is 9.84. The van der Waals surface area contributed by atoms with Gasteiger partial charge in [0.2, 0.25) is 0 Å². The van der Waals surface area contributed by atoms with E-state index >= 15 is 0 Å². The molecule has 0 spiro atoms. The molecule has 0 bridgehead atoms. The minimum absolute atomic E-state index is 0.526. The molecule has 2 atom stereocenters. The van der Waals surface area contributed by atoms with E-state index in [4.69, 9.17) is 10.1 Å². The molecule has 1 unspecified atom stereocenters. The summed E-state index contributed by atoms with van der Waals surface area (Å²) < 4.78 is 6.33. The van der Waals surface area contributed by atoms with Crippen molar-refractivity contribution in [2.75, 3.05) is 0 Å². The van der Waals surface area contributed by atoms with E-state index in [0.29, 0.717) is 0 Å². The summed E-state index contributed by atoms with van der Waals surface area (Å²) in [5.41, 5.74) is 5.37. The van der Waals surface area contributed by atoms with Gasteiger partial charge >= 0.3 is 0 Å². The molecule has 0 amide bonds. The highest BCUT2D eigenvalue weighted by atomic mass is 15.3. The van der Waals surface area contributed by atoms with Gasteiger partial charge < -0.3 is 0 Å². The Hall–Kier alpha value is -5.75. The first-order valence-corrected chi connectivity index (χ1v) is 15.2. The average molecular weight is 585 g/mol. The second-order valence-electron chi connectivity index (χ2n) is 11.7. The smallest absolute Gasteiger partial charge is 0.137 e. The number of hydrogen-bond acceptors (Lipinski definition) is 3. The van der Waals surface area contributed by atoms with Gasteiger partial charge in [-0.1, -0.05) is 97.1 Å². The Morgan fingerprint density at radius 1 is 0.489 bits per heavy atom. The standard InChI is InChI=1S/C39H32N6/c1-38(43-26-12-24-40-43,29-14-5-3-6-15-29)31-22-23-33-32-18-9-10-19-34(32)45(35(33)28-31)37-21-11-20-36(42-37)39(2,44-27-13-25-41-44)30-16-7-4-8-17-30/h3-28H,1-2H3/t38?,39-/m0/s1. The van der Waals surface area contributed by atoms with E-state index < -0.39 is 11.1 Å². The molecule has 4 aromatic heterocycles. The summed E-state index contributed by atoms with van der Waals surface area (Å²) in [6, 6.07) is 46.6. The first kappa shape index (κ1) is 26.8. The van der Waals surface area contributed by atoms with Crippen LogP contribution in [0.25, 0.3) is 27.6 Å². The Balaban J connectivity index is 1.38. The monoisotopic (exact) mass is 584 g/mol. The fourth-order valence-corrected chi connectivity index (χ4v) is 6.76. The highest BCUT2D eigenvalue weighted by Gasteiger charge is 2.34. The molecule has 0 fully saturated rings. The van der Waals surface area contributed by atoms with E-state index in [-0.39, 0.29) is 0 Å². The van der Waals surface area contributed by atoms with Crippen molar-refractivity contribution < 1.29 is 0 Å². The Morgan fingerprint density at radius 2 is 1.09 bits per heavy atom. The van der Waals surface area contributed by atoms with Crippen molar-refractivity contribution in [2.45, 2.75) is 24.9 Å². The fraction of sp³-hybridized carbons (Fsp3) is 0.103. The molecule has 8 rings (SSSR count). The van der Waals surface area contributed by atoms with Gasteiger partial charge in [0, 0.05) is 35.6 Å². The van der Waals surface area contributed by atoms with E-state index in [1.54, 1.807) is 0 Å². The minimum Gasteiger partial charge on any atom is -0.294 e. The summed E-state index contributed by atoms with van der Waals surface area (Å²) in [5.74, 6) is 0.852. The predicted molar refractivity (Wildman–Crippen MR) is 180 cm³/mol. The van der Waals surface area contributed by atoms with Gasteiger partial charge in [0.05, 0.1) is 16.7 Å². The Morgan fingerprint density at radius 3 is 1.76 bits per heavy atom. The lowest BCUT2D eigenvalue weighted by Crippen LogP contribution is -2.34. The molecular formula is C39H32N6. The number of rotatable bonds is 7. The van der Waals surface area contributed by atoms with E-state index in [2.05, 4.69) is 139 Å². The number of hydrogen-bond donors (Lipinski definition) is 0. The van der Waals surface area contributed by atoms with Crippen molar-refractivity contribution in [3.8, 4) is 5.82 Å². The number of fused-ring (bicyclic) bond motifs is 3. The highest BCUT2D eigenvalue weighted by molar-refractivity contribution is 6.09. The van der Waals surface area contributed by atoms with Gasteiger partial charge in [-0.05, 0) is 66.9 Å². The van der Waals surface area contributed by atoms with Crippen molar-refractivity contribution in [3.63, 3.8) is 0 Å². The zero-order valence-electron chi connectivity index (χ0n) is 25.2. The molecule has 0 aliphatic rings. The number of pyridine rings is 1. The highest BCUT2D eigenvalue weighted by Crippen LogP contribution is 2.39. The van der Waals surface area contributed by atoms with Gasteiger partial charge in [0.25, 0.3) is 0 Å². The van der Waals surface area contributed by atoms with Crippen molar-refractivity contribution in [1.82, 2.24) is 29.1 Å². The normalized spacial score (nSPS) is 14.4. The summed E-state index contributed by atoms with van der Waals surface area (Å²) in [4.78, 5) is 5.40. The summed E-state index contributed by atoms with van der Waals surface area (Å²) in [6.45, 7) is 4.42. The number of benzene rings is 4. The maximum atomic E-state index is 5.40. The van der Waals surface area contributed by atoms with Crippen LogP contribution in [0.3, 0.4) is 0 Å². The van der Waals surface area contributed by atoms with Crippen LogP contribution in [0.5, 0.6) is 0 Å². The van der Waals surface area contributed by atoms with E-state index in [1.807, 2.05) is 52.4 Å². The second-order valence-corrected chi connectivity index (χ2v) is 11.7. The van der Waals surface area contributed by atoms with Crippen molar-refractivity contribution in [1.29, 1.82) is 0 Å². The van der Waals surface area contributed by atoms with E-state index in [1.165, 1.54) is 10.8 Å². The summed E-state index contributed by atoms with van der Waals surface area (Å²) >= 11 is 0. The summed E-state index contributed by atoms with van der Waals surface area (Å²) in [7, 11) is 0. The van der Waals surface area contributed by atoms with E-state index in [0.717, 1.165) is 39.2 Å². The maximum Gasteiger partial charge on any atom is 0.137 e. The number of aromatic nitrogens is 6. The van der Waals surface area contributed by atoms with Gasteiger partial charge in [-0.2, -0.15) is 10.2 Å². The first-order chi connectivity index (χ1) is 22.1. The van der Waals surface area contributed by atoms with Crippen molar-refractivity contribution in [3.05, 3.63) is 181 Å². The van der Waals surface area contributed by atoms with Crippen LogP contribution in [0.15, 0.2) is 158 Å². The number of nitrogens with zero attached hydrogens (tertiary/aromatic N) is 6. The largest absolute Gasteiger partial charge is 0.294 e. The van der Waals surface area contributed by atoms with Crippen LogP contribution in [-0.2, 0) is 11.1 Å². The SMILES string of the molecule is CC(c1ccccc1)(c1ccc2c3ccccc3n(-c3cccc([C@](C)(c4ccccc4)n4cccn4)n3)c2c1)n1cccn1. The molecule has 218 valence electrons. The van der Waals surface area contributed by atoms with Crippen LogP contribution in [0, 0.1) is 0 Å². The quantitative estimate of drug-likeness (QED) is 0.190. The Kier molecular flexibility index (Phi) is 6.24. The molecule has 6 nitrogen and oxygen atoms in total. The molecule has 0 saturated carbocycles. The molecular weight excluding hydrogens is 552 g/mol. The average Bonchev–Trinajstić information content (AvgIpc) is 3.90. The van der Waals surface area contributed by atoms with Crippen LogP contribution >= 0.6 is 0 Å². The third-order valence-electron chi connectivity index (χ3n) is 9.30. The van der Waals surface area contributed by atoms with Crippen LogP contribution in [-0.4, -0.2) is 29.1 Å². The predicted octanol–water partition coefficient (Wildman–Crippen LogP) is 8.20. The van der Waals surface area contributed by atoms with Gasteiger partial charge in [0.15, 0.2) is 0 Å². The van der Waals surface area contributed by atoms with Crippen molar-refractivity contribution in [2.24, 2.45) is 0 Å². The zero-order chi connectivity index (χ0) is 30.4. The summed E-state index contributed by atoms with van der Waals surface area (Å²) in [6.07, 6.45) is 7.71. The third-order valence-corrected chi connectivity index (χ3v) is 9.30.